The first-order valence-corrected chi connectivity index (χ1v) is 9.97. The molecule has 27 heavy (non-hydrogen) atoms. The highest BCUT2D eigenvalue weighted by molar-refractivity contribution is 5.77. The Kier molecular flexibility index (Phi) is 5.17. The lowest BCUT2D eigenvalue weighted by atomic mass is 9.90. The maximum absolute atomic E-state index is 4.72. The molecule has 2 atom stereocenters. The second-order valence-corrected chi connectivity index (χ2v) is 7.95. The first-order chi connectivity index (χ1) is 13.1. The molecule has 140 valence electrons. The molecule has 0 radical (unpaired) electrons. The van der Waals surface area contributed by atoms with Gasteiger partial charge >= 0.3 is 0 Å². The highest BCUT2D eigenvalue weighted by Crippen LogP contribution is 2.28. The Morgan fingerprint density at radius 3 is 2.78 bits per heavy atom. The van der Waals surface area contributed by atoms with Crippen molar-refractivity contribution in [3.8, 4) is 0 Å². The topological polar surface area (TPSA) is 41.9 Å². The van der Waals surface area contributed by atoms with Crippen molar-refractivity contribution >= 4 is 10.9 Å². The summed E-state index contributed by atoms with van der Waals surface area (Å²) in [5.74, 6) is 0.695. The minimum absolute atomic E-state index is 0.320. The molecule has 0 amide bonds. The predicted molar refractivity (Wildman–Crippen MR) is 110 cm³/mol. The largest absolute Gasteiger partial charge is 0.295 e. The number of aromatic nitrogens is 3. The number of hydrogen-bond donors (Lipinski definition) is 0. The molecule has 0 spiro atoms. The van der Waals surface area contributed by atoms with Gasteiger partial charge in [0, 0.05) is 41.8 Å². The molecular formula is C23H28N4. The van der Waals surface area contributed by atoms with Crippen molar-refractivity contribution in [2.24, 2.45) is 5.92 Å². The smallest absolute Gasteiger partial charge is 0.0736 e. The van der Waals surface area contributed by atoms with Crippen molar-refractivity contribution in [3.63, 3.8) is 0 Å². The fourth-order valence-electron chi connectivity index (χ4n) is 4.38. The van der Waals surface area contributed by atoms with Crippen LogP contribution in [0.4, 0.5) is 0 Å². The molecular weight excluding hydrogens is 332 g/mol. The molecule has 4 heterocycles. The van der Waals surface area contributed by atoms with Gasteiger partial charge in [-0.25, -0.2) is 0 Å². The molecule has 0 saturated carbocycles. The van der Waals surface area contributed by atoms with Crippen molar-refractivity contribution in [2.45, 2.75) is 46.1 Å². The van der Waals surface area contributed by atoms with E-state index in [2.05, 4.69) is 59.9 Å². The van der Waals surface area contributed by atoms with Crippen LogP contribution < -0.4 is 0 Å². The standard InChI is InChI=1S/C23H28N4/c1-16-10-20(11-17(2)26-16)12-19-6-5-9-27(15-19)18(3)22-13-23-21(14-25-22)7-4-8-24-23/h4,7-8,10-11,13-14,18-19H,5-6,9,12,15H2,1-3H3/t18?,19-/m1/s1. The zero-order valence-corrected chi connectivity index (χ0v) is 16.5. The highest BCUT2D eigenvalue weighted by atomic mass is 15.2. The van der Waals surface area contributed by atoms with Crippen LogP contribution in [0.15, 0.2) is 42.7 Å². The summed E-state index contributed by atoms with van der Waals surface area (Å²) in [5, 5.41) is 1.10. The monoisotopic (exact) mass is 360 g/mol. The number of piperidine rings is 1. The number of rotatable bonds is 4. The van der Waals surface area contributed by atoms with Gasteiger partial charge in [0.25, 0.3) is 0 Å². The Balaban J connectivity index is 1.48. The van der Waals surface area contributed by atoms with Crippen LogP contribution in [0.25, 0.3) is 10.9 Å². The first kappa shape index (κ1) is 18.1. The normalized spacial score (nSPS) is 19.3. The molecule has 4 rings (SSSR count). The van der Waals surface area contributed by atoms with E-state index >= 15 is 0 Å². The molecule has 0 aromatic carbocycles. The molecule has 4 nitrogen and oxygen atoms in total. The zero-order chi connectivity index (χ0) is 18.8. The molecule has 1 saturated heterocycles. The number of hydrogen-bond acceptors (Lipinski definition) is 4. The molecule has 0 bridgehead atoms. The quantitative estimate of drug-likeness (QED) is 0.679. The summed E-state index contributed by atoms with van der Waals surface area (Å²) in [5.41, 5.74) is 5.83. The summed E-state index contributed by atoms with van der Waals surface area (Å²) in [6.45, 7) is 8.73. The fraction of sp³-hybridized carbons (Fsp3) is 0.435. The summed E-state index contributed by atoms with van der Waals surface area (Å²) < 4.78 is 0. The number of pyridine rings is 3. The Labute approximate surface area is 161 Å². The number of fused-ring (bicyclic) bond motifs is 1. The third-order valence-corrected chi connectivity index (χ3v) is 5.70. The molecule has 1 aliphatic rings. The Bertz CT molecular complexity index is 916. The van der Waals surface area contributed by atoms with Crippen molar-refractivity contribution in [2.75, 3.05) is 13.1 Å². The van der Waals surface area contributed by atoms with Crippen LogP contribution in [0, 0.1) is 19.8 Å². The van der Waals surface area contributed by atoms with E-state index in [1.54, 1.807) is 0 Å². The minimum atomic E-state index is 0.320. The van der Waals surface area contributed by atoms with Gasteiger partial charge in [-0.2, -0.15) is 0 Å². The summed E-state index contributed by atoms with van der Waals surface area (Å²) in [4.78, 5) is 16.3. The lowest BCUT2D eigenvalue weighted by molar-refractivity contribution is 0.129. The van der Waals surface area contributed by atoms with Gasteiger partial charge in [-0.15, -0.1) is 0 Å². The molecule has 4 heteroatoms. The van der Waals surface area contributed by atoms with Crippen molar-refractivity contribution in [1.82, 2.24) is 19.9 Å². The van der Waals surface area contributed by atoms with Gasteiger partial charge in [0.2, 0.25) is 0 Å². The van der Waals surface area contributed by atoms with Gasteiger partial charge in [0.15, 0.2) is 0 Å². The van der Waals surface area contributed by atoms with Crippen LogP contribution in [-0.4, -0.2) is 32.9 Å². The first-order valence-electron chi connectivity index (χ1n) is 9.97. The van der Waals surface area contributed by atoms with Crippen LogP contribution in [-0.2, 0) is 6.42 Å². The van der Waals surface area contributed by atoms with E-state index in [0.717, 1.165) is 47.5 Å². The molecule has 0 N–H and O–H groups in total. The summed E-state index contributed by atoms with van der Waals surface area (Å²) in [7, 11) is 0. The van der Waals surface area contributed by atoms with Crippen LogP contribution in [0.2, 0.25) is 0 Å². The SMILES string of the molecule is Cc1cc(C[C@H]2CCCN(C(C)c3cc4ncccc4cn3)C2)cc(C)n1. The van der Waals surface area contributed by atoms with E-state index in [9.17, 15) is 0 Å². The number of nitrogens with zero attached hydrogens (tertiary/aromatic N) is 4. The van der Waals surface area contributed by atoms with E-state index < -0.39 is 0 Å². The molecule has 1 unspecified atom stereocenters. The van der Waals surface area contributed by atoms with Gasteiger partial charge in [0.1, 0.15) is 0 Å². The van der Waals surface area contributed by atoms with Gasteiger partial charge < -0.3 is 0 Å². The van der Waals surface area contributed by atoms with Gasteiger partial charge in [-0.3, -0.25) is 19.9 Å². The average Bonchev–Trinajstić information content (AvgIpc) is 2.66. The van der Waals surface area contributed by atoms with Crippen LogP contribution >= 0.6 is 0 Å². The van der Waals surface area contributed by atoms with Crippen molar-refractivity contribution < 1.29 is 0 Å². The molecule has 3 aromatic heterocycles. The maximum Gasteiger partial charge on any atom is 0.0736 e. The lowest BCUT2D eigenvalue weighted by Crippen LogP contribution is -2.38. The van der Waals surface area contributed by atoms with Gasteiger partial charge in [-0.05, 0) is 88.4 Å². The van der Waals surface area contributed by atoms with E-state index in [-0.39, 0.29) is 0 Å². The molecule has 3 aromatic rings. The number of likely N-dealkylation sites (tertiary alicyclic amines) is 1. The third kappa shape index (κ3) is 4.16. The summed E-state index contributed by atoms with van der Waals surface area (Å²) >= 11 is 0. The second kappa shape index (κ2) is 7.73. The highest BCUT2D eigenvalue weighted by Gasteiger charge is 2.25. The van der Waals surface area contributed by atoms with E-state index in [4.69, 9.17) is 4.98 Å². The third-order valence-electron chi connectivity index (χ3n) is 5.70. The van der Waals surface area contributed by atoms with E-state index in [1.165, 1.54) is 18.4 Å². The number of aryl methyl sites for hydroxylation is 2. The minimum Gasteiger partial charge on any atom is -0.295 e. The molecule has 1 aliphatic heterocycles. The van der Waals surface area contributed by atoms with E-state index in [1.807, 2.05) is 18.5 Å². The lowest BCUT2D eigenvalue weighted by Gasteiger charge is -2.36. The summed E-state index contributed by atoms with van der Waals surface area (Å²) in [6, 6.07) is 11.0. The van der Waals surface area contributed by atoms with Gasteiger partial charge in [0.05, 0.1) is 11.2 Å². The zero-order valence-electron chi connectivity index (χ0n) is 16.5. The Morgan fingerprint density at radius 1 is 1.15 bits per heavy atom. The molecule has 0 aliphatic carbocycles. The second-order valence-electron chi connectivity index (χ2n) is 7.95. The maximum atomic E-state index is 4.72. The summed E-state index contributed by atoms with van der Waals surface area (Å²) in [6.07, 6.45) is 7.50. The molecule has 1 fully saturated rings. The van der Waals surface area contributed by atoms with Crippen molar-refractivity contribution in [3.05, 3.63) is 65.4 Å². The van der Waals surface area contributed by atoms with E-state index in [0.29, 0.717) is 12.0 Å². The van der Waals surface area contributed by atoms with Crippen molar-refractivity contribution in [1.29, 1.82) is 0 Å². The predicted octanol–water partition coefficient (Wildman–Crippen LogP) is 4.66. The Morgan fingerprint density at radius 2 is 1.96 bits per heavy atom. The van der Waals surface area contributed by atoms with Crippen LogP contribution in [0.5, 0.6) is 0 Å². The van der Waals surface area contributed by atoms with Crippen LogP contribution in [0.3, 0.4) is 0 Å². The van der Waals surface area contributed by atoms with Crippen LogP contribution in [0.1, 0.15) is 48.5 Å². The average molecular weight is 361 g/mol. The Hall–Kier alpha value is -2.33. The fourth-order valence-corrected chi connectivity index (χ4v) is 4.38. The van der Waals surface area contributed by atoms with Gasteiger partial charge in [-0.1, -0.05) is 0 Å².